The second-order valence-electron chi connectivity index (χ2n) is 2.94. The van der Waals surface area contributed by atoms with Gasteiger partial charge >= 0.3 is 5.97 Å². The molecule has 0 heterocycles. The van der Waals surface area contributed by atoms with Gasteiger partial charge in [-0.2, -0.15) is 0 Å². The molecule has 1 aromatic rings. The minimum Gasteiger partial charge on any atom is -0.488 e. The minimum absolute atomic E-state index is 0.327. The van der Waals surface area contributed by atoms with E-state index < -0.39 is 19.0 Å². The molecule has 0 amide bonds. The summed E-state index contributed by atoms with van der Waals surface area (Å²) in [5, 5.41) is 8.38. The van der Waals surface area contributed by atoms with E-state index in [1.54, 1.807) is 12.1 Å². The fourth-order valence-corrected chi connectivity index (χ4v) is 1.00. The van der Waals surface area contributed by atoms with Crippen LogP contribution >= 0.6 is 0 Å². The van der Waals surface area contributed by atoms with Crippen molar-refractivity contribution in [3.8, 4) is 5.75 Å². The van der Waals surface area contributed by atoms with Crippen LogP contribution in [0.2, 0.25) is 0 Å². The molecule has 0 fully saturated rings. The molecule has 0 aromatic heterocycles. The first-order valence-corrected chi connectivity index (χ1v) is 4.50. The minimum atomic E-state index is -2.51. The van der Waals surface area contributed by atoms with Crippen molar-refractivity contribution in [2.45, 2.75) is 6.43 Å². The number of halogens is 2. The number of benzene rings is 1. The van der Waals surface area contributed by atoms with E-state index >= 15 is 0 Å². The number of hydrogen-bond donors (Lipinski definition) is 1. The van der Waals surface area contributed by atoms with Crippen molar-refractivity contribution in [1.82, 2.24) is 0 Å². The summed E-state index contributed by atoms with van der Waals surface area (Å²) in [6, 6.07) is 6.17. The molecule has 5 heteroatoms. The van der Waals surface area contributed by atoms with Gasteiger partial charge in [-0.15, -0.1) is 0 Å². The Morgan fingerprint density at radius 3 is 2.50 bits per heavy atom. The molecule has 0 aliphatic carbocycles. The Morgan fingerprint density at radius 1 is 1.38 bits per heavy atom. The number of alkyl halides is 2. The molecule has 0 radical (unpaired) electrons. The zero-order valence-corrected chi connectivity index (χ0v) is 8.27. The maximum absolute atomic E-state index is 11.8. The average molecular weight is 228 g/mol. The van der Waals surface area contributed by atoms with Gasteiger partial charge in [-0.05, 0) is 23.8 Å². The Hall–Kier alpha value is -1.91. The van der Waals surface area contributed by atoms with Crippen molar-refractivity contribution in [2.75, 3.05) is 6.61 Å². The Bertz CT molecular complexity index is 371. The van der Waals surface area contributed by atoms with Gasteiger partial charge in [0.2, 0.25) is 0 Å². The van der Waals surface area contributed by atoms with Crippen molar-refractivity contribution in [2.24, 2.45) is 0 Å². The average Bonchev–Trinajstić information content (AvgIpc) is 2.25. The first kappa shape index (κ1) is 12.2. The number of aliphatic carboxylic acids is 1. The summed E-state index contributed by atoms with van der Waals surface area (Å²) >= 11 is 0. The van der Waals surface area contributed by atoms with Crippen LogP contribution in [-0.2, 0) is 4.79 Å². The zero-order chi connectivity index (χ0) is 12.0. The van der Waals surface area contributed by atoms with Crippen LogP contribution in [0, 0.1) is 0 Å². The molecule has 0 aliphatic rings. The first-order valence-electron chi connectivity index (χ1n) is 4.50. The molecule has 3 nitrogen and oxygen atoms in total. The third kappa shape index (κ3) is 4.54. The van der Waals surface area contributed by atoms with Gasteiger partial charge in [0.25, 0.3) is 6.43 Å². The number of carboxylic acids is 1. The number of carbonyl (C=O) groups is 1. The molecule has 0 atom stereocenters. The highest BCUT2D eigenvalue weighted by Gasteiger charge is 2.02. The fraction of sp³-hybridized carbons (Fsp3) is 0.182. The highest BCUT2D eigenvalue weighted by atomic mass is 19.3. The van der Waals surface area contributed by atoms with Gasteiger partial charge in [-0.3, -0.25) is 0 Å². The van der Waals surface area contributed by atoms with E-state index in [1.165, 1.54) is 18.2 Å². The highest BCUT2D eigenvalue weighted by Crippen LogP contribution is 2.13. The first-order chi connectivity index (χ1) is 7.58. The summed E-state index contributed by atoms with van der Waals surface area (Å²) in [5.74, 6) is -0.717. The van der Waals surface area contributed by atoms with Gasteiger partial charge in [0.1, 0.15) is 12.4 Å². The molecular weight excluding hydrogens is 218 g/mol. The van der Waals surface area contributed by atoms with Crippen LogP contribution in [-0.4, -0.2) is 24.1 Å². The van der Waals surface area contributed by atoms with Crippen LogP contribution < -0.4 is 4.74 Å². The lowest BCUT2D eigenvalue weighted by molar-refractivity contribution is -0.131. The maximum Gasteiger partial charge on any atom is 0.328 e. The Balaban J connectivity index is 2.57. The molecule has 0 bridgehead atoms. The van der Waals surface area contributed by atoms with Crippen LogP contribution in [0.1, 0.15) is 5.56 Å². The third-order valence-electron chi connectivity index (χ3n) is 1.67. The maximum atomic E-state index is 11.8. The van der Waals surface area contributed by atoms with E-state index in [1.807, 2.05) is 0 Å². The van der Waals surface area contributed by atoms with Gasteiger partial charge in [0, 0.05) is 6.08 Å². The molecule has 0 spiro atoms. The van der Waals surface area contributed by atoms with E-state index in [4.69, 9.17) is 9.84 Å². The lowest BCUT2D eigenvalue weighted by Crippen LogP contribution is -2.06. The molecule has 0 unspecified atom stereocenters. The van der Waals surface area contributed by atoms with E-state index in [0.29, 0.717) is 11.3 Å². The van der Waals surface area contributed by atoms with Crippen LogP contribution in [0.5, 0.6) is 5.75 Å². The molecule has 1 rings (SSSR count). The molecule has 86 valence electrons. The summed E-state index contributed by atoms with van der Waals surface area (Å²) in [6.07, 6.45) is -0.111. The second kappa shape index (κ2) is 5.85. The van der Waals surface area contributed by atoms with Crippen molar-refractivity contribution in [3.05, 3.63) is 35.9 Å². The SMILES string of the molecule is O=C(O)/C=C/c1ccc(OCC(F)F)cc1. The zero-order valence-electron chi connectivity index (χ0n) is 8.27. The monoisotopic (exact) mass is 228 g/mol. The highest BCUT2D eigenvalue weighted by molar-refractivity contribution is 5.85. The summed E-state index contributed by atoms with van der Waals surface area (Å²) in [7, 11) is 0. The molecule has 1 N–H and O–H groups in total. The molecule has 16 heavy (non-hydrogen) atoms. The molecule has 1 aromatic carbocycles. The Kier molecular flexibility index (Phi) is 4.44. The molecular formula is C11H10F2O3. The normalized spacial score (nSPS) is 10.9. The van der Waals surface area contributed by atoms with Crippen molar-refractivity contribution in [1.29, 1.82) is 0 Å². The fourth-order valence-electron chi connectivity index (χ4n) is 1.00. The predicted octanol–water partition coefficient (Wildman–Crippen LogP) is 2.43. The van der Waals surface area contributed by atoms with Crippen LogP contribution in [0.15, 0.2) is 30.3 Å². The van der Waals surface area contributed by atoms with E-state index in [0.717, 1.165) is 6.08 Å². The topological polar surface area (TPSA) is 46.5 Å². The summed E-state index contributed by atoms with van der Waals surface area (Å²) < 4.78 is 28.4. The van der Waals surface area contributed by atoms with Gasteiger partial charge in [-0.25, -0.2) is 13.6 Å². The van der Waals surface area contributed by atoms with E-state index in [-0.39, 0.29) is 0 Å². The number of ether oxygens (including phenoxy) is 1. The summed E-state index contributed by atoms with van der Waals surface area (Å²) in [4.78, 5) is 10.2. The summed E-state index contributed by atoms with van der Waals surface area (Å²) in [5.41, 5.74) is 0.659. The van der Waals surface area contributed by atoms with Gasteiger partial charge in [0.15, 0.2) is 0 Å². The Labute approximate surface area is 91.0 Å². The largest absolute Gasteiger partial charge is 0.488 e. The Morgan fingerprint density at radius 2 is 2.00 bits per heavy atom. The second-order valence-corrected chi connectivity index (χ2v) is 2.94. The van der Waals surface area contributed by atoms with Crippen molar-refractivity contribution < 1.29 is 23.4 Å². The molecule has 0 aliphatic heterocycles. The van der Waals surface area contributed by atoms with Crippen molar-refractivity contribution in [3.63, 3.8) is 0 Å². The lowest BCUT2D eigenvalue weighted by Gasteiger charge is -2.04. The molecule has 0 saturated heterocycles. The van der Waals surface area contributed by atoms with E-state index in [9.17, 15) is 13.6 Å². The third-order valence-corrected chi connectivity index (χ3v) is 1.67. The number of rotatable bonds is 5. The van der Waals surface area contributed by atoms with Crippen molar-refractivity contribution >= 4 is 12.0 Å². The van der Waals surface area contributed by atoms with Crippen LogP contribution in [0.3, 0.4) is 0 Å². The molecule has 0 saturated carbocycles. The lowest BCUT2D eigenvalue weighted by atomic mass is 10.2. The standard InChI is InChI=1S/C11H10F2O3/c12-10(13)7-16-9-4-1-8(2-5-9)3-6-11(14)15/h1-6,10H,7H2,(H,14,15)/b6-3+. The van der Waals surface area contributed by atoms with E-state index in [2.05, 4.69) is 0 Å². The quantitative estimate of drug-likeness (QED) is 0.787. The van der Waals surface area contributed by atoms with Gasteiger partial charge in [0.05, 0.1) is 0 Å². The van der Waals surface area contributed by atoms with Crippen LogP contribution in [0.4, 0.5) is 8.78 Å². The smallest absolute Gasteiger partial charge is 0.328 e. The summed E-state index contributed by atoms with van der Waals surface area (Å²) in [6.45, 7) is -0.649. The predicted molar refractivity (Wildman–Crippen MR) is 54.6 cm³/mol. The van der Waals surface area contributed by atoms with Gasteiger partial charge < -0.3 is 9.84 Å². The van der Waals surface area contributed by atoms with Crippen LogP contribution in [0.25, 0.3) is 6.08 Å². The number of hydrogen-bond acceptors (Lipinski definition) is 2. The van der Waals surface area contributed by atoms with Gasteiger partial charge in [-0.1, -0.05) is 12.1 Å². The number of carboxylic acid groups (broad SMARTS) is 1.